The summed E-state index contributed by atoms with van der Waals surface area (Å²) in [6.07, 6.45) is 4.86. The lowest BCUT2D eigenvalue weighted by atomic mass is 10.1. The number of benzene rings is 1. The number of methoxy groups -OCH3 is 1. The smallest absolute Gasteiger partial charge is 0.252 e. The van der Waals surface area contributed by atoms with Crippen molar-refractivity contribution in [3.05, 3.63) is 47.7 Å². The molecule has 0 spiro atoms. The van der Waals surface area contributed by atoms with Crippen LogP contribution in [-0.4, -0.2) is 58.8 Å². The van der Waals surface area contributed by atoms with Crippen molar-refractivity contribution >= 4 is 16.8 Å². The molecule has 3 heterocycles. The summed E-state index contributed by atoms with van der Waals surface area (Å²) >= 11 is 0. The van der Waals surface area contributed by atoms with E-state index in [2.05, 4.69) is 15.1 Å². The summed E-state index contributed by atoms with van der Waals surface area (Å²) in [4.78, 5) is 22.2. The maximum Gasteiger partial charge on any atom is 0.252 e. The molecular weight excluding hydrogens is 372 g/mol. The fourth-order valence-corrected chi connectivity index (χ4v) is 3.74. The number of amides is 1. The van der Waals surface area contributed by atoms with Crippen LogP contribution < -0.4 is 0 Å². The predicted molar refractivity (Wildman–Crippen MR) is 106 cm³/mol. The molecular formula is C21H26N4O4. The Hall–Kier alpha value is -2.71. The normalized spacial score (nSPS) is 17.1. The first-order valence-corrected chi connectivity index (χ1v) is 9.97. The van der Waals surface area contributed by atoms with Crippen LogP contribution in [0.15, 0.2) is 35.0 Å². The number of rotatable bonds is 8. The lowest BCUT2D eigenvalue weighted by molar-refractivity contribution is -0.134. The second kappa shape index (κ2) is 9.19. The number of aromatic nitrogens is 3. The molecule has 4 rings (SSSR count). The van der Waals surface area contributed by atoms with Gasteiger partial charge in [0, 0.05) is 43.7 Å². The van der Waals surface area contributed by atoms with E-state index in [9.17, 15) is 4.79 Å². The zero-order valence-corrected chi connectivity index (χ0v) is 16.6. The lowest BCUT2D eigenvalue weighted by Gasteiger charge is -2.32. The Morgan fingerprint density at radius 1 is 1.38 bits per heavy atom. The van der Waals surface area contributed by atoms with E-state index in [4.69, 9.17) is 14.0 Å². The fourth-order valence-electron chi connectivity index (χ4n) is 3.74. The van der Waals surface area contributed by atoms with Crippen molar-refractivity contribution in [3.8, 4) is 0 Å². The number of hydrogen-bond donors (Lipinski definition) is 1. The molecule has 0 saturated carbocycles. The van der Waals surface area contributed by atoms with Gasteiger partial charge in [-0.25, -0.2) is 0 Å². The molecule has 8 nitrogen and oxygen atoms in total. The Labute approximate surface area is 169 Å². The summed E-state index contributed by atoms with van der Waals surface area (Å²) in [6, 6.07) is 8.06. The Kier molecular flexibility index (Phi) is 6.21. The quantitative estimate of drug-likeness (QED) is 0.627. The third-order valence-electron chi connectivity index (χ3n) is 5.20. The molecule has 29 heavy (non-hydrogen) atoms. The summed E-state index contributed by atoms with van der Waals surface area (Å²) in [6.45, 7) is 2.22. The van der Waals surface area contributed by atoms with Crippen LogP contribution in [0.3, 0.4) is 0 Å². The molecule has 1 amide bonds. The van der Waals surface area contributed by atoms with Crippen LogP contribution in [0.25, 0.3) is 10.9 Å². The van der Waals surface area contributed by atoms with E-state index < -0.39 is 0 Å². The first kappa shape index (κ1) is 19.6. The number of para-hydroxylation sites is 1. The number of H-pyrrole nitrogens is 1. The Morgan fingerprint density at radius 3 is 3.17 bits per heavy atom. The molecule has 0 radical (unpaired) electrons. The monoisotopic (exact) mass is 398 g/mol. The lowest BCUT2D eigenvalue weighted by Crippen LogP contribution is -2.44. The summed E-state index contributed by atoms with van der Waals surface area (Å²) in [5, 5.41) is 5.02. The molecule has 1 aromatic carbocycles. The largest absolute Gasteiger partial charge is 0.376 e. The molecule has 154 valence electrons. The number of ether oxygens (including phenoxy) is 2. The van der Waals surface area contributed by atoms with Crippen LogP contribution in [0.2, 0.25) is 0 Å². The number of aromatic amines is 1. The van der Waals surface area contributed by atoms with E-state index >= 15 is 0 Å². The van der Waals surface area contributed by atoms with Gasteiger partial charge < -0.3 is 23.9 Å². The fraction of sp³-hybridized carbons (Fsp3) is 0.476. The van der Waals surface area contributed by atoms with E-state index in [1.165, 1.54) is 0 Å². The highest BCUT2D eigenvalue weighted by Gasteiger charge is 2.24. The highest BCUT2D eigenvalue weighted by molar-refractivity contribution is 5.88. The van der Waals surface area contributed by atoms with Gasteiger partial charge in [-0.2, -0.15) is 4.98 Å². The van der Waals surface area contributed by atoms with Crippen molar-refractivity contribution in [2.24, 2.45) is 0 Å². The maximum atomic E-state index is 12.8. The summed E-state index contributed by atoms with van der Waals surface area (Å²) in [7, 11) is 1.58. The van der Waals surface area contributed by atoms with Crippen LogP contribution in [0.1, 0.15) is 30.1 Å². The minimum absolute atomic E-state index is 0.0426. The van der Waals surface area contributed by atoms with Crippen molar-refractivity contribution < 1.29 is 18.8 Å². The molecule has 1 aliphatic heterocycles. The van der Waals surface area contributed by atoms with Crippen LogP contribution in [0.4, 0.5) is 0 Å². The summed E-state index contributed by atoms with van der Waals surface area (Å²) in [5.74, 6) is 1.22. The minimum Gasteiger partial charge on any atom is -0.376 e. The van der Waals surface area contributed by atoms with E-state index in [0.717, 1.165) is 35.9 Å². The number of carbonyl (C=O) groups is 1. The van der Waals surface area contributed by atoms with E-state index in [1.807, 2.05) is 35.4 Å². The van der Waals surface area contributed by atoms with Crippen molar-refractivity contribution in [1.82, 2.24) is 20.0 Å². The van der Waals surface area contributed by atoms with Gasteiger partial charge in [0.25, 0.3) is 5.89 Å². The number of fused-ring (bicyclic) bond motifs is 1. The molecule has 1 fully saturated rings. The van der Waals surface area contributed by atoms with Gasteiger partial charge in [0.2, 0.25) is 5.91 Å². The average Bonchev–Trinajstić information content (AvgIpc) is 3.36. The topological polar surface area (TPSA) is 93.5 Å². The molecule has 2 aromatic heterocycles. The van der Waals surface area contributed by atoms with Gasteiger partial charge in [-0.1, -0.05) is 23.4 Å². The zero-order chi connectivity index (χ0) is 20.1. The zero-order valence-electron chi connectivity index (χ0n) is 16.6. The summed E-state index contributed by atoms with van der Waals surface area (Å²) in [5.41, 5.74) is 2.10. The van der Waals surface area contributed by atoms with Gasteiger partial charge in [0.1, 0.15) is 6.61 Å². The Morgan fingerprint density at radius 2 is 2.28 bits per heavy atom. The number of carbonyl (C=O) groups excluding carboxylic acids is 1. The average molecular weight is 398 g/mol. The third-order valence-corrected chi connectivity index (χ3v) is 5.20. The molecule has 1 unspecified atom stereocenters. The molecule has 3 aromatic rings. The minimum atomic E-state index is 0.0426. The van der Waals surface area contributed by atoms with Crippen LogP contribution in [0.5, 0.6) is 0 Å². The molecule has 1 saturated heterocycles. The highest BCUT2D eigenvalue weighted by Crippen LogP contribution is 2.20. The Balaban J connectivity index is 1.26. The highest BCUT2D eigenvalue weighted by atomic mass is 16.5. The standard InChI is InChI=1S/C21H26N4O4/c1-27-14-20-23-19(24-29-20)8-10-28-16-5-4-9-25(13-16)21(26)11-15-12-22-18-7-3-2-6-17(15)18/h2-3,6-7,12,16,22H,4-5,8-11,13-14H2,1H3. The van der Waals surface area contributed by atoms with Gasteiger partial charge >= 0.3 is 0 Å². The van der Waals surface area contributed by atoms with E-state index in [1.54, 1.807) is 7.11 Å². The van der Waals surface area contributed by atoms with E-state index in [-0.39, 0.29) is 12.0 Å². The third kappa shape index (κ3) is 4.83. The number of nitrogens with one attached hydrogen (secondary N) is 1. The van der Waals surface area contributed by atoms with Crippen molar-refractivity contribution in [3.63, 3.8) is 0 Å². The summed E-state index contributed by atoms with van der Waals surface area (Å²) < 4.78 is 16.0. The van der Waals surface area contributed by atoms with Crippen molar-refractivity contribution in [2.75, 3.05) is 26.8 Å². The number of hydrogen-bond acceptors (Lipinski definition) is 6. The molecule has 0 aliphatic carbocycles. The predicted octanol–water partition coefficient (Wildman–Crippen LogP) is 2.49. The molecule has 0 bridgehead atoms. The molecule has 1 atom stereocenters. The number of piperidine rings is 1. The number of likely N-dealkylation sites (tertiary alicyclic amines) is 1. The Bertz CT molecular complexity index is 951. The van der Waals surface area contributed by atoms with Gasteiger partial charge in [-0.3, -0.25) is 4.79 Å². The molecule has 1 aliphatic rings. The first-order chi connectivity index (χ1) is 14.2. The van der Waals surface area contributed by atoms with Gasteiger partial charge in [-0.05, 0) is 24.5 Å². The molecule has 8 heteroatoms. The van der Waals surface area contributed by atoms with Crippen LogP contribution in [0, 0.1) is 0 Å². The van der Waals surface area contributed by atoms with Crippen LogP contribution in [-0.2, 0) is 33.7 Å². The van der Waals surface area contributed by atoms with Gasteiger partial charge in [0.05, 0.1) is 19.1 Å². The van der Waals surface area contributed by atoms with Crippen LogP contribution >= 0.6 is 0 Å². The van der Waals surface area contributed by atoms with Crippen molar-refractivity contribution in [2.45, 2.75) is 38.4 Å². The first-order valence-electron chi connectivity index (χ1n) is 9.97. The number of nitrogens with zero attached hydrogens (tertiary/aromatic N) is 3. The molecule has 1 N–H and O–H groups in total. The van der Waals surface area contributed by atoms with Gasteiger partial charge in [-0.15, -0.1) is 0 Å². The van der Waals surface area contributed by atoms with E-state index in [0.29, 0.717) is 44.3 Å². The second-order valence-electron chi connectivity index (χ2n) is 7.30. The van der Waals surface area contributed by atoms with Crippen molar-refractivity contribution in [1.29, 1.82) is 0 Å². The second-order valence-corrected chi connectivity index (χ2v) is 7.30. The van der Waals surface area contributed by atoms with Gasteiger partial charge in [0.15, 0.2) is 5.82 Å². The maximum absolute atomic E-state index is 12.8. The SMILES string of the molecule is COCc1nc(CCOC2CCCN(C(=O)Cc3c[nH]c4ccccc34)C2)no1.